The predicted molar refractivity (Wildman–Crippen MR) is 184 cm³/mol. The minimum absolute atomic E-state index is 0.00177. The SMILES string of the molecule is CC[C@H](C)[C@H](NC(=O)[C@@H](N)CCC(N)=O)C(=O)N[C@@H](Cc1cnc[nH]1)C(=O)N[C@@H](Cc1ccccc1)C(=O)N[C@@H](CCCN=C(N)N)C(=O)O. The van der Waals surface area contributed by atoms with Gasteiger partial charge in [0.25, 0.3) is 0 Å². The molecule has 0 spiro atoms. The number of H-pyrrole nitrogens is 1. The zero-order chi connectivity index (χ0) is 37.2. The summed E-state index contributed by atoms with van der Waals surface area (Å²) in [6, 6.07) is 2.73. The summed E-state index contributed by atoms with van der Waals surface area (Å²) in [6.07, 6.45) is 3.39. The third kappa shape index (κ3) is 14.3. The molecule has 0 bridgehead atoms. The fraction of sp³-hybridized carbons (Fsp3) is 0.500. The van der Waals surface area contributed by atoms with E-state index in [1.54, 1.807) is 37.3 Å². The monoisotopic (exact) mass is 699 g/mol. The van der Waals surface area contributed by atoms with Gasteiger partial charge >= 0.3 is 5.97 Å². The lowest BCUT2D eigenvalue weighted by Crippen LogP contribution is -2.60. The van der Waals surface area contributed by atoms with Crippen molar-refractivity contribution in [1.29, 1.82) is 0 Å². The molecule has 1 aromatic carbocycles. The number of carboxylic acids is 1. The number of hydrogen-bond acceptors (Lipinski definition) is 9. The maximum atomic E-state index is 13.9. The molecule has 50 heavy (non-hydrogen) atoms. The number of nitrogens with one attached hydrogen (secondary N) is 5. The Bertz CT molecular complexity index is 1450. The number of amides is 5. The Labute approximate surface area is 290 Å². The summed E-state index contributed by atoms with van der Waals surface area (Å²) in [5.41, 5.74) is 22.9. The van der Waals surface area contributed by atoms with Gasteiger partial charge in [0.1, 0.15) is 24.2 Å². The molecule has 0 aliphatic rings. The topological polar surface area (TPSA) is 316 Å². The molecule has 18 heteroatoms. The van der Waals surface area contributed by atoms with Crippen molar-refractivity contribution >= 4 is 41.5 Å². The van der Waals surface area contributed by atoms with Gasteiger partial charge in [-0.25, -0.2) is 9.78 Å². The average molecular weight is 700 g/mol. The van der Waals surface area contributed by atoms with Crippen molar-refractivity contribution < 1.29 is 33.9 Å². The van der Waals surface area contributed by atoms with Crippen LogP contribution in [0, 0.1) is 5.92 Å². The number of aromatic nitrogens is 2. The number of aliphatic carboxylic acids is 1. The normalized spacial score (nSPS) is 14.5. The highest BCUT2D eigenvalue weighted by atomic mass is 16.4. The number of nitrogens with zero attached hydrogens (tertiary/aromatic N) is 2. The molecule has 2 rings (SSSR count). The van der Waals surface area contributed by atoms with Gasteiger partial charge in [0.15, 0.2) is 5.96 Å². The van der Waals surface area contributed by atoms with Crippen molar-refractivity contribution in [3.63, 3.8) is 0 Å². The van der Waals surface area contributed by atoms with E-state index < -0.39 is 71.6 Å². The number of benzene rings is 1. The van der Waals surface area contributed by atoms with Crippen LogP contribution in [0.1, 0.15) is 57.2 Å². The van der Waals surface area contributed by atoms with Crippen LogP contribution < -0.4 is 44.2 Å². The van der Waals surface area contributed by atoms with E-state index in [0.29, 0.717) is 17.7 Å². The van der Waals surface area contributed by atoms with Crippen molar-refractivity contribution in [2.75, 3.05) is 6.54 Å². The Balaban J connectivity index is 2.33. The number of carbonyl (C=O) groups excluding carboxylic acids is 5. The molecular formula is C32H49N11O7. The predicted octanol–water partition coefficient (Wildman–Crippen LogP) is -2.09. The smallest absolute Gasteiger partial charge is 0.326 e. The lowest BCUT2D eigenvalue weighted by Gasteiger charge is -2.28. The Morgan fingerprint density at radius 1 is 0.860 bits per heavy atom. The number of rotatable bonds is 22. The van der Waals surface area contributed by atoms with Crippen LogP contribution in [0.15, 0.2) is 47.8 Å². The third-order valence-electron chi connectivity index (χ3n) is 7.92. The largest absolute Gasteiger partial charge is 0.480 e. The number of aromatic amines is 1. The van der Waals surface area contributed by atoms with Crippen molar-refractivity contribution in [2.45, 2.75) is 89.0 Å². The summed E-state index contributed by atoms with van der Waals surface area (Å²) in [6.45, 7) is 3.70. The minimum Gasteiger partial charge on any atom is -0.480 e. The summed E-state index contributed by atoms with van der Waals surface area (Å²) in [5, 5.41) is 20.3. The Hall–Kier alpha value is -5.52. The molecule has 0 radical (unpaired) electrons. The summed E-state index contributed by atoms with van der Waals surface area (Å²) < 4.78 is 0. The summed E-state index contributed by atoms with van der Waals surface area (Å²) in [4.78, 5) is 87.8. The number of imidazole rings is 1. The molecular weight excluding hydrogens is 650 g/mol. The number of nitrogens with two attached hydrogens (primary N) is 4. The molecule has 5 amide bonds. The standard InChI is InChI=1S/C32H49N11O7/c1-3-18(2)26(43-27(45)21(33)11-12-25(34)44)30(48)42-24(15-20-16-37-17-39-20)29(47)41-23(14-19-8-5-4-6-9-19)28(46)40-22(31(49)50)10-7-13-38-32(35)36/h4-6,8-9,16-18,21-24,26H,3,7,10-15,33H2,1-2H3,(H2,34,44)(H,37,39)(H,40,46)(H,41,47)(H,42,48)(H,43,45)(H,49,50)(H4,35,36,38)/t18-,21-,22-,23-,24-,26-/m0/s1. The van der Waals surface area contributed by atoms with E-state index in [2.05, 4.69) is 36.2 Å². The van der Waals surface area contributed by atoms with Gasteiger partial charge in [-0.3, -0.25) is 29.0 Å². The molecule has 274 valence electrons. The maximum Gasteiger partial charge on any atom is 0.326 e. The molecule has 0 saturated carbocycles. The lowest BCUT2D eigenvalue weighted by atomic mass is 9.96. The second-order valence-corrected chi connectivity index (χ2v) is 11.9. The Morgan fingerprint density at radius 2 is 1.48 bits per heavy atom. The lowest BCUT2D eigenvalue weighted by molar-refractivity contribution is -0.142. The van der Waals surface area contributed by atoms with Crippen molar-refractivity contribution in [2.24, 2.45) is 33.8 Å². The van der Waals surface area contributed by atoms with E-state index in [1.807, 2.05) is 6.92 Å². The van der Waals surface area contributed by atoms with Crippen LogP contribution in [-0.2, 0) is 41.6 Å². The molecule has 1 heterocycles. The van der Waals surface area contributed by atoms with E-state index in [9.17, 15) is 33.9 Å². The first-order chi connectivity index (χ1) is 23.7. The first-order valence-corrected chi connectivity index (χ1v) is 16.3. The number of primary amides is 1. The highest BCUT2D eigenvalue weighted by Crippen LogP contribution is 2.12. The van der Waals surface area contributed by atoms with Crippen LogP contribution in [0.2, 0.25) is 0 Å². The maximum absolute atomic E-state index is 13.9. The highest BCUT2D eigenvalue weighted by Gasteiger charge is 2.34. The molecule has 0 fully saturated rings. The van der Waals surface area contributed by atoms with E-state index in [-0.39, 0.29) is 51.0 Å². The summed E-state index contributed by atoms with van der Waals surface area (Å²) in [5.74, 6) is -5.34. The molecule has 18 nitrogen and oxygen atoms in total. The van der Waals surface area contributed by atoms with Crippen LogP contribution in [0.3, 0.4) is 0 Å². The molecule has 6 atom stereocenters. The highest BCUT2D eigenvalue weighted by molar-refractivity contribution is 5.95. The van der Waals surface area contributed by atoms with Gasteiger partial charge < -0.3 is 54.3 Å². The van der Waals surface area contributed by atoms with E-state index in [4.69, 9.17) is 22.9 Å². The zero-order valence-electron chi connectivity index (χ0n) is 28.3. The van der Waals surface area contributed by atoms with Crippen LogP contribution in [0.5, 0.6) is 0 Å². The van der Waals surface area contributed by atoms with Gasteiger partial charge in [0, 0.05) is 37.7 Å². The molecule has 0 saturated heterocycles. The number of guanidine groups is 1. The van der Waals surface area contributed by atoms with E-state index in [0.717, 1.165) is 0 Å². The van der Waals surface area contributed by atoms with Gasteiger partial charge in [-0.1, -0.05) is 50.6 Å². The van der Waals surface area contributed by atoms with Crippen LogP contribution >= 0.6 is 0 Å². The fourth-order valence-corrected chi connectivity index (χ4v) is 4.84. The number of aliphatic imine (C=N–C) groups is 1. The number of carbonyl (C=O) groups is 6. The Kier molecular flexibility index (Phi) is 16.9. The van der Waals surface area contributed by atoms with Crippen LogP contribution in [-0.4, -0.2) is 93.3 Å². The van der Waals surface area contributed by atoms with Gasteiger partial charge in [0.2, 0.25) is 29.5 Å². The molecule has 0 unspecified atom stereocenters. The van der Waals surface area contributed by atoms with E-state index in [1.165, 1.54) is 12.5 Å². The van der Waals surface area contributed by atoms with Crippen LogP contribution in [0.4, 0.5) is 0 Å². The average Bonchev–Trinajstić information content (AvgIpc) is 3.59. The quantitative estimate of drug-likeness (QED) is 0.0361. The summed E-state index contributed by atoms with van der Waals surface area (Å²) in [7, 11) is 0. The molecule has 1 aromatic heterocycles. The number of carboxylic acid groups (broad SMARTS) is 1. The zero-order valence-corrected chi connectivity index (χ0v) is 28.3. The van der Waals surface area contributed by atoms with Crippen molar-refractivity contribution in [1.82, 2.24) is 31.2 Å². The number of hydrogen-bond donors (Lipinski definition) is 10. The Morgan fingerprint density at radius 3 is 2.04 bits per heavy atom. The second kappa shape index (κ2) is 20.8. The van der Waals surface area contributed by atoms with Gasteiger partial charge in [-0.05, 0) is 30.7 Å². The van der Waals surface area contributed by atoms with Crippen molar-refractivity contribution in [3.05, 3.63) is 54.1 Å². The third-order valence-corrected chi connectivity index (χ3v) is 7.92. The summed E-state index contributed by atoms with van der Waals surface area (Å²) >= 11 is 0. The molecule has 0 aliphatic carbocycles. The molecule has 14 N–H and O–H groups in total. The van der Waals surface area contributed by atoms with Crippen molar-refractivity contribution in [3.8, 4) is 0 Å². The van der Waals surface area contributed by atoms with Gasteiger partial charge in [0.05, 0.1) is 12.4 Å². The minimum atomic E-state index is -1.30. The first kappa shape index (κ1) is 40.7. The fourth-order valence-electron chi connectivity index (χ4n) is 4.84. The molecule has 0 aliphatic heterocycles. The first-order valence-electron chi connectivity index (χ1n) is 16.3. The van der Waals surface area contributed by atoms with E-state index >= 15 is 0 Å². The van der Waals surface area contributed by atoms with Gasteiger partial charge in [-0.2, -0.15) is 0 Å². The second-order valence-electron chi connectivity index (χ2n) is 11.9. The van der Waals surface area contributed by atoms with Crippen LogP contribution in [0.25, 0.3) is 0 Å². The van der Waals surface area contributed by atoms with Gasteiger partial charge in [-0.15, -0.1) is 0 Å². The molecule has 2 aromatic rings.